The highest BCUT2D eigenvalue weighted by Crippen LogP contribution is 2.33. The second kappa shape index (κ2) is 3.57. The van der Waals surface area contributed by atoms with Gasteiger partial charge in [0.2, 0.25) is 0 Å². The quantitative estimate of drug-likeness (QED) is 0.565. The zero-order valence-electron chi connectivity index (χ0n) is 7.98. The molecule has 1 atom stereocenters. The van der Waals surface area contributed by atoms with Gasteiger partial charge in [0.15, 0.2) is 0 Å². The Labute approximate surface area is 70.6 Å². The molecule has 0 amide bonds. The predicted molar refractivity (Wildman–Crippen MR) is 49.1 cm³/mol. The Hall–Kier alpha value is -0.0400. The van der Waals surface area contributed by atoms with Crippen LogP contribution in [0.4, 0.5) is 0 Å². The lowest BCUT2D eigenvalue weighted by molar-refractivity contribution is 0.226. The zero-order chi connectivity index (χ0) is 8.32. The normalized spacial score (nSPS) is 28.1. The van der Waals surface area contributed by atoms with Crippen molar-refractivity contribution in [2.24, 2.45) is 11.3 Å². The third-order valence-corrected chi connectivity index (χ3v) is 2.65. The maximum atomic E-state index is 3.32. The number of rotatable bonds is 0. The lowest BCUT2D eigenvalue weighted by atomic mass is 9.77. The van der Waals surface area contributed by atoms with Gasteiger partial charge in [0.25, 0.3) is 0 Å². The molecule has 1 saturated heterocycles. The summed E-state index contributed by atoms with van der Waals surface area (Å²) < 4.78 is 0. The van der Waals surface area contributed by atoms with Crippen LogP contribution in [0, 0.1) is 17.9 Å². The summed E-state index contributed by atoms with van der Waals surface area (Å²) in [6, 6.07) is 0. The minimum atomic E-state index is 0.489. The summed E-state index contributed by atoms with van der Waals surface area (Å²) in [5.41, 5.74) is 0.489. The molecular formula is C10H20N. The summed E-state index contributed by atoms with van der Waals surface area (Å²) in [6.07, 6.45) is 3.95. The van der Waals surface area contributed by atoms with Crippen molar-refractivity contribution in [1.29, 1.82) is 0 Å². The molecule has 1 fully saturated rings. The third kappa shape index (κ3) is 2.82. The van der Waals surface area contributed by atoms with Crippen LogP contribution in [0.1, 0.15) is 40.0 Å². The molecule has 1 aliphatic rings. The first kappa shape index (κ1) is 9.05. The predicted octanol–water partition coefficient (Wildman–Crippen LogP) is 2.58. The average molecular weight is 154 g/mol. The van der Waals surface area contributed by atoms with E-state index in [0.717, 1.165) is 5.92 Å². The van der Waals surface area contributed by atoms with Gasteiger partial charge in [0.1, 0.15) is 0 Å². The average Bonchev–Trinajstić information content (AvgIpc) is 2.10. The Bertz CT molecular complexity index is 105. The Morgan fingerprint density at radius 1 is 1.36 bits per heavy atom. The molecule has 11 heavy (non-hydrogen) atoms. The van der Waals surface area contributed by atoms with Crippen LogP contribution >= 0.6 is 0 Å². The molecule has 1 radical (unpaired) electrons. The third-order valence-electron chi connectivity index (χ3n) is 2.65. The van der Waals surface area contributed by atoms with E-state index in [-0.39, 0.29) is 0 Å². The minimum Gasteiger partial charge on any atom is -0.312 e. The molecule has 1 unspecified atom stereocenters. The zero-order valence-corrected chi connectivity index (χ0v) is 7.98. The van der Waals surface area contributed by atoms with Gasteiger partial charge in [-0.15, -0.1) is 0 Å². The molecule has 1 aliphatic heterocycles. The van der Waals surface area contributed by atoms with Crippen LogP contribution in [-0.4, -0.2) is 6.54 Å². The lowest BCUT2D eigenvalue weighted by Gasteiger charge is -2.29. The van der Waals surface area contributed by atoms with Gasteiger partial charge in [-0.1, -0.05) is 20.8 Å². The number of nitrogens with one attached hydrogen (secondary N) is 1. The Morgan fingerprint density at radius 2 is 2.09 bits per heavy atom. The number of hydrogen-bond acceptors (Lipinski definition) is 1. The fourth-order valence-corrected chi connectivity index (χ4v) is 1.68. The van der Waals surface area contributed by atoms with E-state index in [1.165, 1.54) is 25.8 Å². The highest BCUT2D eigenvalue weighted by atomic mass is 14.9. The van der Waals surface area contributed by atoms with E-state index < -0.39 is 0 Å². The molecule has 0 aromatic rings. The first-order valence-corrected chi connectivity index (χ1v) is 4.66. The van der Waals surface area contributed by atoms with E-state index in [4.69, 9.17) is 0 Å². The second-order valence-electron chi connectivity index (χ2n) is 4.60. The van der Waals surface area contributed by atoms with Crippen molar-refractivity contribution in [2.45, 2.75) is 40.0 Å². The largest absolute Gasteiger partial charge is 0.312 e. The molecule has 0 aliphatic carbocycles. The molecule has 1 N–H and O–H groups in total. The van der Waals surface area contributed by atoms with E-state index in [9.17, 15) is 0 Å². The summed E-state index contributed by atoms with van der Waals surface area (Å²) in [5.74, 6) is 0.873. The molecule has 1 rings (SSSR count). The molecule has 0 aromatic heterocycles. The van der Waals surface area contributed by atoms with Crippen molar-refractivity contribution in [3.63, 3.8) is 0 Å². The number of hydrogen-bond donors (Lipinski definition) is 1. The standard InChI is InChI=1S/C10H20N/c1-10(2,3)9-5-4-7-11-8-6-9/h8-9,11H,4-7H2,1-3H3. The van der Waals surface area contributed by atoms with Gasteiger partial charge in [-0.25, -0.2) is 0 Å². The van der Waals surface area contributed by atoms with Crippen molar-refractivity contribution >= 4 is 0 Å². The molecule has 0 aromatic carbocycles. The van der Waals surface area contributed by atoms with Crippen LogP contribution < -0.4 is 5.32 Å². The molecule has 1 heteroatoms. The molecule has 0 spiro atoms. The van der Waals surface area contributed by atoms with Crippen LogP contribution in [-0.2, 0) is 0 Å². The Balaban J connectivity index is 2.43. The van der Waals surface area contributed by atoms with E-state index in [0.29, 0.717) is 5.41 Å². The van der Waals surface area contributed by atoms with E-state index >= 15 is 0 Å². The fourth-order valence-electron chi connectivity index (χ4n) is 1.68. The smallest absolute Gasteiger partial charge is 0.0224 e. The van der Waals surface area contributed by atoms with Gasteiger partial charge in [-0.2, -0.15) is 0 Å². The van der Waals surface area contributed by atoms with Crippen molar-refractivity contribution in [3.05, 3.63) is 6.54 Å². The molecule has 0 bridgehead atoms. The van der Waals surface area contributed by atoms with Crippen LogP contribution in [0.25, 0.3) is 0 Å². The minimum absolute atomic E-state index is 0.489. The Kier molecular flexibility index (Phi) is 2.94. The highest BCUT2D eigenvalue weighted by molar-refractivity contribution is 4.81. The topological polar surface area (TPSA) is 12.0 Å². The van der Waals surface area contributed by atoms with Gasteiger partial charge in [-0.3, -0.25) is 0 Å². The molecule has 0 saturated carbocycles. The summed E-state index contributed by atoms with van der Waals surface area (Å²) in [7, 11) is 0. The first-order chi connectivity index (χ1) is 5.11. The van der Waals surface area contributed by atoms with Gasteiger partial charge >= 0.3 is 0 Å². The monoisotopic (exact) mass is 154 g/mol. The maximum absolute atomic E-state index is 3.32. The van der Waals surface area contributed by atoms with E-state index in [2.05, 4.69) is 32.6 Å². The molecule has 1 heterocycles. The van der Waals surface area contributed by atoms with Crippen molar-refractivity contribution in [3.8, 4) is 0 Å². The highest BCUT2D eigenvalue weighted by Gasteiger charge is 2.24. The van der Waals surface area contributed by atoms with Gasteiger partial charge in [0, 0.05) is 6.54 Å². The van der Waals surface area contributed by atoms with Crippen LogP contribution in [0.2, 0.25) is 0 Å². The van der Waals surface area contributed by atoms with E-state index in [1.54, 1.807) is 0 Å². The molecule has 65 valence electrons. The van der Waals surface area contributed by atoms with Crippen molar-refractivity contribution in [1.82, 2.24) is 5.32 Å². The Morgan fingerprint density at radius 3 is 2.73 bits per heavy atom. The summed E-state index contributed by atoms with van der Waals surface area (Å²) in [5, 5.41) is 3.32. The van der Waals surface area contributed by atoms with Crippen LogP contribution in [0.5, 0.6) is 0 Å². The lowest BCUT2D eigenvalue weighted by Crippen LogP contribution is -2.20. The van der Waals surface area contributed by atoms with Crippen molar-refractivity contribution in [2.75, 3.05) is 6.54 Å². The summed E-state index contributed by atoms with van der Waals surface area (Å²) >= 11 is 0. The van der Waals surface area contributed by atoms with Gasteiger partial charge < -0.3 is 5.32 Å². The van der Waals surface area contributed by atoms with Gasteiger partial charge in [-0.05, 0) is 37.1 Å². The van der Waals surface area contributed by atoms with Gasteiger partial charge in [0.05, 0.1) is 0 Å². The molecule has 1 nitrogen and oxygen atoms in total. The summed E-state index contributed by atoms with van der Waals surface area (Å²) in [6.45, 7) is 10.4. The van der Waals surface area contributed by atoms with Crippen LogP contribution in [0.15, 0.2) is 0 Å². The maximum Gasteiger partial charge on any atom is 0.0224 e. The molecular weight excluding hydrogens is 134 g/mol. The SMILES string of the molecule is CC(C)(C)C1C[CH]NCCC1. The first-order valence-electron chi connectivity index (χ1n) is 4.66. The fraction of sp³-hybridized carbons (Fsp3) is 0.900. The van der Waals surface area contributed by atoms with Crippen molar-refractivity contribution < 1.29 is 0 Å². The summed E-state index contributed by atoms with van der Waals surface area (Å²) in [4.78, 5) is 0. The van der Waals surface area contributed by atoms with E-state index in [1.807, 2.05) is 0 Å². The van der Waals surface area contributed by atoms with Crippen LogP contribution in [0.3, 0.4) is 0 Å². The second-order valence-corrected chi connectivity index (χ2v) is 4.60.